The predicted molar refractivity (Wildman–Crippen MR) is 59.9 cm³/mol. The molecular weight excluding hydrogens is 244 g/mol. The molecule has 1 aromatic carbocycles. The summed E-state index contributed by atoms with van der Waals surface area (Å²) in [7, 11) is 0. The average molecular weight is 257 g/mol. The number of halogens is 1. The maximum Gasteiger partial charge on any atom is 0.151 e. The Labute approximate surface area is 92.4 Å². The summed E-state index contributed by atoms with van der Waals surface area (Å²) >= 11 is 3.30. The molecule has 0 bridgehead atoms. The number of carbonyl (C=O) groups excluding carboxylic acids is 1. The van der Waals surface area contributed by atoms with Crippen LogP contribution in [0.4, 0.5) is 0 Å². The zero-order valence-electron chi connectivity index (χ0n) is 8.50. The number of hydrogen-bond acceptors (Lipinski definition) is 2. The number of hydrogen-bond donors (Lipinski definition) is 0. The topological polar surface area (TPSA) is 26.3 Å². The highest BCUT2D eigenvalue weighted by Crippen LogP contribution is 2.24. The lowest BCUT2D eigenvalue weighted by molar-refractivity contribution is 0.112. The molecule has 3 heteroatoms. The Morgan fingerprint density at radius 1 is 1.36 bits per heavy atom. The molecule has 0 N–H and O–H groups in total. The van der Waals surface area contributed by atoms with Crippen LogP contribution in [0.1, 0.15) is 31.1 Å². The molecule has 0 radical (unpaired) electrons. The van der Waals surface area contributed by atoms with Crippen molar-refractivity contribution in [2.75, 3.05) is 0 Å². The number of aldehydes is 1. The van der Waals surface area contributed by atoms with Crippen LogP contribution >= 0.6 is 15.9 Å². The highest BCUT2D eigenvalue weighted by Gasteiger charge is 2.12. The van der Waals surface area contributed by atoms with Crippen molar-refractivity contribution in [3.8, 4) is 5.75 Å². The van der Waals surface area contributed by atoms with Crippen molar-refractivity contribution in [2.45, 2.75) is 26.4 Å². The number of ether oxygens (including phenoxy) is 1. The molecule has 14 heavy (non-hydrogen) atoms. The lowest BCUT2D eigenvalue weighted by Crippen LogP contribution is -2.22. The summed E-state index contributed by atoms with van der Waals surface area (Å²) < 4.78 is 6.39. The van der Waals surface area contributed by atoms with Gasteiger partial charge in [0.1, 0.15) is 11.4 Å². The van der Waals surface area contributed by atoms with Crippen LogP contribution < -0.4 is 4.74 Å². The zero-order chi connectivity index (χ0) is 10.8. The van der Waals surface area contributed by atoms with Gasteiger partial charge in [-0.25, -0.2) is 0 Å². The Kier molecular flexibility index (Phi) is 3.32. The lowest BCUT2D eigenvalue weighted by atomic mass is 10.2. The molecule has 76 valence electrons. The van der Waals surface area contributed by atoms with Crippen LogP contribution in [0, 0.1) is 0 Å². The fraction of sp³-hybridized carbons (Fsp3) is 0.364. The Morgan fingerprint density at radius 2 is 2.00 bits per heavy atom. The summed E-state index contributed by atoms with van der Waals surface area (Å²) in [6.07, 6.45) is 0.810. The minimum absolute atomic E-state index is 0.220. The third-order valence-electron chi connectivity index (χ3n) is 1.52. The minimum atomic E-state index is -0.220. The number of rotatable bonds is 2. The average Bonchev–Trinajstić information content (AvgIpc) is 2.01. The predicted octanol–water partition coefficient (Wildman–Crippen LogP) is 3.44. The fourth-order valence-corrected chi connectivity index (χ4v) is 1.47. The van der Waals surface area contributed by atoms with Crippen LogP contribution in [0.3, 0.4) is 0 Å². The summed E-state index contributed by atoms with van der Waals surface area (Å²) in [5.41, 5.74) is 0.411. The van der Waals surface area contributed by atoms with Gasteiger partial charge in [-0.15, -0.1) is 0 Å². The van der Waals surface area contributed by atoms with Crippen molar-refractivity contribution in [3.05, 3.63) is 28.2 Å². The maximum absolute atomic E-state index is 10.6. The zero-order valence-corrected chi connectivity index (χ0v) is 10.1. The van der Waals surface area contributed by atoms with E-state index in [0.29, 0.717) is 5.56 Å². The first-order chi connectivity index (χ1) is 6.42. The summed E-state index contributed by atoms with van der Waals surface area (Å²) in [4.78, 5) is 10.6. The summed E-state index contributed by atoms with van der Waals surface area (Å²) in [5, 5.41) is 0. The smallest absolute Gasteiger partial charge is 0.151 e. The van der Waals surface area contributed by atoms with E-state index >= 15 is 0 Å². The van der Waals surface area contributed by atoms with E-state index < -0.39 is 0 Å². The standard InChI is InChI=1S/C11H13BrO2/c1-11(2,3)14-9-5-4-8(7-13)10(12)6-9/h4-7H,1-3H3. The van der Waals surface area contributed by atoms with Gasteiger partial charge in [-0.05, 0) is 54.9 Å². The molecule has 0 heterocycles. The van der Waals surface area contributed by atoms with E-state index in [-0.39, 0.29) is 5.60 Å². The van der Waals surface area contributed by atoms with Gasteiger partial charge < -0.3 is 4.74 Å². The molecule has 0 aliphatic carbocycles. The molecule has 0 saturated heterocycles. The lowest BCUT2D eigenvalue weighted by Gasteiger charge is -2.21. The van der Waals surface area contributed by atoms with E-state index in [4.69, 9.17) is 4.74 Å². The van der Waals surface area contributed by atoms with Gasteiger partial charge in [0.05, 0.1) is 0 Å². The Balaban J connectivity index is 2.92. The maximum atomic E-state index is 10.6. The molecule has 0 fully saturated rings. The van der Waals surface area contributed by atoms with Gasteiger partial charge in [-0.2, -0.15) is 0 Å². The highest BCUT2D eigenvalue weighted by atomic mass is 79.9. The van der Waals surface area contributed by atoms with Crippen molar-refractivity contribution in [3.63, 3.8) is 0 Å². The Bertz CT molecular complexity index is 340. The van der Waals surface area contributed by atoms with Gasteiger partial charge in [-0.3, -0.25) is 4.79 Å². The third-order valence-corrected chi connectivity index (χ3v) is 2.21. The van der Waals surface area contributed by atoms with E-state index in [1.54, 1.807) is 18.2 Å². The van der Waals surface area contributed by atoms with E-state index in [1.165, 1.54) is 0 Å². The van der Waals surface area contributed by atoms with E-state index in [9.17, 15) is 4.79 Å². The van der Waals surface area contributed by atoms with Crippen LogP contribution in [0.15, 0.2) is 22.7 Å². The molecule has 1 rings (SSSR count). The van der Waals surface area contributed by atoms with Crippen LogP contribution in [0.5, 0.6) is 5.75 Å². The van der Waals surface area contributed by atoms with Gasteiger partial charge in [0.25, 0.3) is 0 Å². The molecule has 0 saturated carbocycles. The SMILES string of the molecule is CC(C)(C)Oc1ccc(C=O)c(Br)c1. The van der Waals surface area contributed by atoms with Crippen LogP contribution in [0.2, 0.25) is 0 Å². The minimum Gasteiger partial charge on any atom is -0.488 e. The fourth-order valence-electron chi connectivity index (χ4n) is 1.02. The third kappa shape index (κ3) is 3.14. The van der Waals surface area contributed by atoms with Gasteiger partial charge in [0.2, 0.25) is 0 Å². The van der Waals surface area contributed by atoms with E-state index in [1.807, 2.05) is 20.8 Å². The molecule has 1 aromatic rings. The van der Waals surface area contributed by atoms with Crippen molar-refractivity contribution in [1.82, 2.24) is 0 Å². The number of benzene rings is 1. The van der Waals surface area contributed by atoms with Crippen LogP contribution in [-0.4, -0.2) is 11.9 Å². The van der Waals surface area contributed by atoms with E-state index in [2.05, 4.69) is 15.9 Å². The molecule has 0 aromatic heterocycles. The Morgan fingerprint density at radius 3 is 2.43 bits per heavy atom. The van der Waals surface area contributed by atoms with Crippen LogP contribution in [0.25, 0.3) is 0 Å². The van der Waals surface area contributed by atoms with Gasteiger partial charge in [-0.1, -0.05) is 0 Å². The quantitative estimate of drug-likeness (QED) is 0.758. The normalized spacial score (nSPS) is 11.1. The molecule has 2 nitrogen and oxygen atoms in total. The second-order valence-electron chi connectivity index (χ2n) is 4.02. The van der Waals surface area contributed by atoms with Crippen molar-refractivity contribution in [2.24, 2.45) is 0 Å². The Hall–Kier alpha value is -0.830. The van der Waals surface area contributed by atoms with Crippen molar-refractivity contribution in [1.29, 1.82) is 0 Å². The van der Waals surface area contributed by atoms with E-state index in [0.717, 1.165) is 16.5 Å². The van der Waals surface area contributed by atoms with Crippen molar-refractivity contribution >= 4 is 22.2 Å². The number of carbonyl (C=O) groups is 1. The second-order valence-corrected chi connectivity index (χ2v) is 4.87. The van der Waals surface area contributed by atoms with Gasteiger partial charge >= 0.3 is 0 Å². The molecule has 0 amide bonds. The molecule has 0 atom stereocenters. The molecule has 0 aliphatic rings. The molecule has 0 unspecified atom stereocenters. The molecule has 0 aliphatic heterocycles. The largest absolute Gasteiger partial charge is 0.488 e. The first-order valence-electron chi connectivity index (χ1n) is 4.36. The highest BCUT2D eigenvalue weighted by molar-refractivity contribution is 9.10. The monoisotopic (exact) mass is 256 g/mol. The summed E-state index contributed by atoms with van der Waals surface area (Å²) in [6, 6.07) is 5.33. The first-order valence-corrected chi connectivity index (χ1v) is 5.15. The first kappa shape index (κ1) is 11.2. The van der Waals surface area contributed by atoms with Gasteiger partial charge in [0, 0.05) is 10.0 Å². The molecular formula is C11H13BrO2. The summed E-state index contributed by atoms with van der Waals surface area (Å²) in [5.74, 6) is 0.759. The van der Waals surface area contributed by atoms with Crippen molar-refractivity contribution < 1.29 is 9.53 Å². The summed E-state index contributed by atoms with van der Waals surface area (Å²) in [6.45, 7) is 5.94. The second kappa shape index (κ2) is 4.13. The van der Waals surface area contributed by atoms with Crippen LogP contribution in [-0.2, 0) is 0 Å². The van der Waals surface area contributed by atoms with Gasteiger partial charge in [0.15, 0.2) is 6.29 Å². The molecule has 0 spiro atoms.